The van der Waals surface area contributed by atoms with Crippen molar-refractivity contribution in [3.05, 3.63) is 53.8 Å². The summed E-state index contributed by atoms with van der Waals surface area (Å²) >= 11 is 0. The molecule has 1 aromatic carbocycles. The molecule has 2 nitrogen and oxygen atoms in total. The predicted molar refractivity (Wildman–Crippen MR) is 73.0 cm³/mol. The van der Waals surface area contributed by atoms with Gasteiger partial charge in [0, 0.05) is 11.6 Å². The molecule has 0 N–H and O–H groups in total. The lowest BCUT2D eigenvalue weighted by molar-refractivity contribution is 0.191. The van der Waals surface area contributed by atoms with Gasteiger partial charge in [0.05, 0.1) is 11.6 Å². The lowest BCUT2D eigenvalue weighted by atomic mass is 9.99. The van der Waals surface area contributed by atoms with E-state index in [1.165, 1.54) is 22.0 Å². The molecule has 0 amide bonds. The summed E-state index contributed by atoms with van der Waals surface area (Å²) in [7, 11) is 0. The van der Waals surface area contributed by atoms with Crippen LogP contribution in [0.2, 0.25) is 0 Å². The number of aryl methyl sites for hydroxylation is 1. The average Bonchev–Trinajstić information content (AvgIpc) is 2.80. The predicted octanol–water partition coefficient (Wildman–Crippen LogP) is 3.77. The van der Waals surface area contributed by atoms with Crippen molar-refractivity contribution in [3.8, 4) is 5.75 Å². The van der Waals surface area contributed by atoms with Gasteiger partial charge < -0.3 is 9.30 Å². The number of rotatable bonds is 0. The molecule has 4 rings (SSSR count). The van der Waals surface area contributed by atoms with Crippen molar-refractivity contribution < 1.29 is 4.74 Å². The van der Waals surface area contributed by atoms with Crippen molar-refractivity contribution in [2.75, 3.05) is 0 Å². The van der Waals surface area contributed by atoms with E-state index in [-0.39, 0.29) is 6.10 Å². The number of benzene rings is 1. The Balaban J connectivity index is 2.00. The van der Waals surface area contributed by atoms with E-state index in [4.69, 9.17) is 4.74 Å². The molecule has 2 aliphatic rings. The van der Waals surface area contributed by atoms with Crippen molar-refractivity contribution in [3.63, 3.8) is 0 Å². The van der Waals surface area contributed by atoms with Gasteiger partial charge >= 0.3 is 0 Å². The number of nitrogens with zero attached hydrogens (tertiary/aromatic N) is 1. The maximum Gasteiger partial charge on any atom is 0.144 e. The largest absolute Gasteiger partial charge is 0.482 e. The maximum atomic E-state index is 6.14. The minimum Gasteiger partial charge on any atom is -0.482 e. The van der Waals surface area contributed by atoms with Crippen LogP contribution in [0.5, 0.6) is 5.75 Å². The lowest BCUT2D eigenvalue weighted by Gasteiger charge is -2.33. The second kappa shape index (κ2) is 3.29. The monoisotopic (exact) mass is 237 g/mol. The highest BCUT2D eigenvalue weighted by Gasteiger charge is 2.30. The topological polar surface area (TPSA) is 14.2 Å². The fourth-order valence-corrected chi connectivity index (χ4v) is 3.01. The van der Waals surface area contributed by atoms with E-state index in [1.54, 1.807) is 0 Å². The first kappa shape index (κ1) is 10.0. The third kappa shape index (κ3) is 1.18. The Kier molecular flexibility index (Phi) is 1.83. The highest BCUT2D eigenvalue weighted by Crippen LogP contribution is 2.40. The van der Waals surface area contributed by atoms with Crippen LogP contribution in [-0.4, -0.2) is 10.7 Å². The standard InChI is InChI=1S/C16H15NO/c1-10-3-5-13-15(9-10)18-14-6-4-11(2)12-7-8-17(13)16(12)14/h3-9,13,15H,1-2H3. The van der Waals surface area contributed by atoms with Gasteiger partial charge in [-0.2, -0.15) is 0 Å². The van der Waals surface area contributed by atoms with Gasteiger partial charge in [-0.1, -0.05) is 23.8 Å². The molecule has 2 unspecified atom stereocenters. The zero-order chi connectivity index (χ0) is 12.3. The van der Waals surface area contributed by atoms with Gasteiger partial charge in [-0.25, -0.2) is 0 Å². The number of fused-ring (bicyclic) bond motifs is 2. The molecule has 2 heteroatoms. The zero-order valence-electron chi connectivity index (χ0n) is 10.6. The molecule has 1 aliphatic carbocycles. The smallest absolute Gasteiger partial charge is 0.144 e. The Morgan fingerprint density at radius 1 is 1.17 bits per heavy atom. The first-order valence-corrected chi connectivity index (χ1v) is 6.37. The van der Waals surface area contributed by atoms with Gasteiger partial charge in [-0.15, -0.1) is 0 Å². The molecule has 18 heavy (non-hydrogen) atoms. The summed E-state index contributed by atoms with van der Waals surface area (Å²) in [6.07, 6.45) is 8.93. The van der Waals surface area contributed by atoms with Crippen LogP contribution in [0.15, 0.2) is 48.2 Å². The van der Waals surface area contributed by atoms with Crippen molar-refractivity contribution in [2.24, 2.45) is 0 Å². The molecular formula is C16H15NO. The van der Waals surface area contributed by atoms with Crippen molar-refractivity contribution in [2.45, 2.75) is 26.0 Å². The summed E-state index contributed by atoms with van der Waals surface area (Å²) in [6.45, 7) is 4.27. The third-order valence-corrected chi connectivity index (χ3v) is 3.96. The first-order chi connectivity index (χ1) is 8.74. The van der Waals surface area contributed by atoms with Crippen LogP contribution in [0.1, 0.15) is 18.5 Å². The lowest BCUT2D eigenvalue weighted by Crippen LogP contribution is -2.31. The Morgan fingerprint density at radius 3 is 2.94 bits per heavy atom. The molecule has 2 heterocycles. The van der Waals surface area contributed by atoms with E-state index < -0.39 is 0 Å². The van der Waals surface area contributed by atoms with Crippen molar-refractivity contribution >= 4 is 10.9 Å². The Hall–Kier alpha value is -1.96. The second-order valence-corrected chi connectivity index (χ2v) is 5.21. The number of aromatic nitrogens is 1. The molecule has 0 saturated heterocycles. The second-order valence-electron chi connectivity index (χ2n) is 5.21. The van der Waals surface area contributed by atoms with E-state index in [9.17, 15) is 0 Å². The fraction of sp³-hybridized carbons (Fsp3) is 0.250. The molecular weight excluding hydrogens is 222 g/mol. The van der Waals surface area contributed by atoms with E-state index in [0.29, 0.717) is 6.04 Å². The number of allylic oxidation sites excluding steroid dienone is 2. The van der Waals surface area contributed by atoms with Crippen LogP contribution in [0.3, 0.4) is 0 Å². The zero-order valence-corrected chi connectivity index (χ0v) is 10.6. The molecule has 1 aliphatic heterocycles. The number of ether oxygens (including phenoxy) is 1. The molecule has 0 bridgehead atoms. The SMILES string of the molecule is CC1=CC2Oc3ccc(C)c4ccn(c34)C2C=C1. The Bertz CT molecular complexity index is 705. The van der Waals surface area contributed by atoms with Crippen LogP contribution >= 0.6 is 0 Å². The van der Waals surface area contributed by atoms with Gasteiger partial charge in [-0.3, -0.25) is 0 Å². The van der Waals surface area contributed by atoms with Crippen molar-refractivity contribution in [1.82, 2.24) is 4.57 Å². The maximum absolute atomic E-state index is 6.14. The molecule has 1 aromatic heterocycles. The minimum absolute atomic E-state index is 0.126. The van der Waals surface area contributed by atoms with Crippen LogP contribution in [-0.2, 0) is 0 Å². The Labute approximate surface area is 106 Å². The first-order valence-electron chi connectivity index (χ1n) is 6.37. The van der Waals surface area contributed by atoms with Crippen molar-refractivity contribution in [1.29, 1.82) is 0 Å². The summed E-state index contributed by atoms with van der Waals surface area (Å²) in [4.78, 5) is 0. The summed E-state index contributed by atoms with van der Waals surface area (Å²) in [6, 6.07) is 6.71. The Morgan fingerprint density at radius 2 is 2.06 bits per heavy atom. The minimum atomic E-state index is 0.126. The van der Waals surface area contributed by atoms with Crippen LogP contribution in [0.4, 0.5) is 0 Å². The molecule has 2 atom stereocenters. The van der Waals surface area contributed by atoms with Crippen LogP contribution in [0, 0.1) is 6.92 Å². The van der Waals surface area contributed by atoms with E-state index in [0.717, 1.165) is 5.75 Å². The summed E-state index contributed by atoms with van der Waals surface area (Å²) in [5, 5.41) is 1.30. The van der Waals surface area contributed by atoms with Crippen LogP contribution < -0.4 is 4.74 Å². The average molecular weight is 237 g/mol. The van der Waals surface area contributed by atoms with E-state index >= 15 is 0 Å². The summed E-state index contributed by atoms with van der Waals surface area (Å²) < 4.78 is 8.48. The fourth-order valence-electron chi connectivity index (χ4n) is 3.01. The van der Waals surface area contributed by atoms with Gasteiger partial charge in [0.1, 0.15) is 11.9 Å². The van der Waals surface area contributed by atoms with Gasteiger partial charge in [0.2, 0.25) is 0 Å². The van der Waals surface area contributed by atoms with Gasteiger partial charge in [-0.05, 0) is 37.6 Å². The molecule has 2 aromatic rings. The van der Waals surface area contributed by atoms with Gasteiger partial charge in [0.25, 0.3) is 0 Å². The molecule has 0 saturated carbocycles. The number of hydrogen-bond donors (Lipinski definition) is 0. The van der Waals surface area contributed by atoms with E-state index in [2.05, 4.69) is 61.0 Å². The molecule has 90 valence electrons. The quantitative estimate of drug-likeness (QED) is 0.680. The molecule has 0 fully saturated rings. The van der Waals surface area contributed by atoms with Gasteiger partial charge in [0.15, 0.2) is 0 Å². The summed E-state index contributed by atoms with van der Waals surface area (Å²) in [5.74, 6) is 1.00. The molecule has 0 spiro atoms. The van der Waals surface area contributed by atoms with Crippen LogP contribution in [0.25, 0.3) is 10.9 Å². The third-order valence-electron chi connectivity index (χ3n) is 3.96. The van der Waals surface area contributed by atoms with E-state index in [1.807, 2.05) is 0 Å². The summed E-state index contributed by atoms with van der Waals surface area (Å²) in [5.41, 5.74) is 3.81. The highest BCUT2D eigenvalue weighted by atomic mass is 16.5. The number of hydrogen-bond acceptors (Lipinski definition) is 1. The normalized spacial score (nSPS) is 24.7. The highest BCUT2D eigenvalue weighted by molar-refractivity contribution is 5.89. The molecule has 0 radical (unpaired) electrons.